The van der Waals surface area contributed by atoms with Crippen molar-refractivity contribution in [2.45, 2.75) is 46.5 Å². The maximum atomic E-state index is 10.8. The molecule has 0 fully saturated rings. The van der Waals surface area contributed by atoms with E-state index in [-0.39, 0.29) is 5.97 Å². The molecule has 0 aliphatic carbocycles. The van der Waals surface area contributed by atoms with E-state index in [1.54, 1.807) is 0 Å². The Hall–Kier alpha value is -1.31. The summed E-state index contributed by atoms with van der Waals surface area (Å²) in [5.74, 6) is 1.58. The topological polar surface area (TPSA) is 26.3 Å². The predicted octanol–water partition coefficient (Wildman–Crippen LogP) is 4.15. The molecule has 0 heterocycles. The maximum absolute atomic E-state index is 10.8. The second-order valence-corrected chi connectivity index (χ2v) is 4.80. The van der Waals surface area contributed by atoms with Crippen LogP contribution in [0.4, 0.5) is 0 Å². The molecule has 0 aromatic heterocycles. The van der Waals surface area contributed by atoms with Crippen LogP contribution in [0.1, 0.15) is 52.0 Å². The molecule has 0 radical (unpaired) electrons. The number of esters is 1. The summed E-state index contributed by atoms with van der Waals surface area (Å²) in [7, 11) is 0. The molecule has 1 aromatic rings. The minimum atomic E-state index is -0.272. The number of carbonyl (C=O) groups excluding carboxylic acids is 1. The third-order valence-corrected chi connectivity index (χ3v) is 2.97. The van der Waals surface area contributed by atoms with Gasteiger partial charge in [0.25, 0.3) is 0 Å². The van der Waals surface area contributed by atoms with Gasteiger partial charge in [0, 0.05) is 6.92 Å². The number of hydrogen-bond donors (Lipinski definition) is 0. The van der Waals surface area contributed by atoms with Gasteiger partial charge < -0.3 is 4.74 Å². The van der Waals surface area contributed by atoms with Crippen molar-refractivity contribution < 1.29 is 9.53 Å². The zero-order chi connectivity index (χ0) is 12.8. The molecule has 0 N–H and O–H groups in total. The molecule has 0 aliphatic rings. The smallest absolute Gasteiger partial charge is 0.308 e. The van der Waals surface area contributed by atoms with E-state index in [2.05, 4.69) is 32.9 Å². The molecule has 1 atom stereocenters. The minimum absolute atomic E-state index is 0.272. The first-order chi connectivity index (χ1) is 8.04. The zero-order valence-corrected chi connectivity index (χ0v) is 11.2. The van der Waals surface area contributed by atoms with Gasteiger partial charge in [-0.3, -0.25) is 4.79 Å². The van der Waals surface area contributed by atoms with Gasteiger partial charge in [0.2, 0.25) is 0 Å². The molecule has 1 unspecified atom stereocenters. The average molecular weight is 234 g/mol. The molecular formula is C15H22O2. The standard InChI is InChI=1S/C15H22O2/c1-5-6-15(11(2)3)13-7-9-14(10-8-13)17-12(4)16/h7-11,15H,5-6H2,1-4H3. The van der Waals surface area contributed by atoms with Crippen molar-refractivity contribution in [3.63, 3.8) is 0 Å². The highest BCUT2D eigenvalue weighted by molar-refractivity contribution is 5.69. The van der Waals surface area contributed by atoms with Gasteiger partial charge in [0.1, 0.15) is 5.75 Å². The fourth-order valence-corrected chi connectivity index (χ4v) is 2.14. The lowest BCUT2D eigenvalue weighted by molar-refractivity contribution is -0.131. The molecule has 2 heteroatoms. The summed E-state index contributed by atoms with van der Waals surface area (Å²) in [6.45, 7) is 8.13. The van der Waals surface area contributed by atoms with Crippen molar-refractivity contribution >= 4 is 5.97 Å². The Morgan fingerprint density at radius 2 is 1.82 bits per heavy atom. The molecule has 94 valence electrons. The summed E-state index contributed by atoms with van der Waals surface area (Å²) < 4.78 is 5.03. The second-order valence-electron chi connectivity index (χ2n) is 4.80. The summed E-state index contributed by atoms with van der Waals surface area (Å²) in [5, 5.41) is 0. The molecule has 2 nitrogen and oxygen atoms in total. The Balaban J connectivity index is 2.80. The lowest BCUT2D eigenvalue weighted by Crippen LogP contribution is -2.07. The first-order valence-corrected chi connectivity index (χ1v) is 6.33. The zero-order valence-electron chi connectivity index (χ0n) is 11.2. The number of ether oxygens (including phenoxy) is 1. The SMILES string of the molecule is CCCC(c1ccc(OC(C)=O)cc1)C(C)C. The van der Waals surface area contributed by atoms with Gasteiger partial charge in [-0.05, 0) is 36.0 Å². The lowest BCUT2D eigenvalue weighted by Gasteiger charge is -2.20. The van der Waals surface area contributed by atoms with Crippen molar-refractivity contribution in [3.05, 3.63) is 29.8 Å². The van der Waals surface area contributed by atoms with Crippen LogP contribution in [0.25, 0.3) is 0 Å². The van der Waals surface area contributed by atoms with Crippen LogP contribution in [0.15, 0.2) is 24.3 Å². The quantitative estimate of drug-likeness (QED) is 0.565. The van der Waals surface area contributed by atoms with Crippen LogP contribution in [0.3, 0.4) is 0 Å². The van der Waals surface area contributed by atoms with Crippen molar-refractivity contribution in [1.82, 2.24) is 0 Å². The molecule has 17 heavy (non-hydrogen) atoms. The number of rotatable bonds is 5. The molecular weight excluding hydrogens is 212 g/mol. The van der Waals surface area contributed by atoms with E-state index in [1.165, 1.54) is 25.3 Å². The molecule has 1 rings (SSSR count). The third-order valence-electron chi connectivity index (χ3n) is 2.97. The molecule has 0 amide bonds. The van der Waals surface area contributed by atoms with E-state index < -0.39 is 0 Å². The Labute approximate surface area is 104 Å². The molecule has 0 saturated heterocycles. The second kappa shape index (κ2) is 6.43. The fourth-order valence-electron chi connectivity index (χ4n) is 2.14. The minimum Gasteiger partial charge on any atom is -0.427 e. The van der Waals surface area contributed by atoms with E-state index in [0.717, 1.165) is 0 Å². The third kappa shape index (κ3) is 4.22. The molecule has 1 aromatic carbocycles. The van der Waals surface area contributed by atoms with Crippen LogP contribution in [-0.2, 0) is 4.79 Å². The van der Waals surface area contributed by atoms with E-state index in [4.69, 9.17) is 4.74 Å². The van der Waals surface area contributed by atoms with Gasteiger partial charge in [-0.25, -0.2) is 0 Å². The summed E-state index contributed by atoms with van der Waals surface area (Å²) in [4.78, 5) is 10.8. The maximum Gasteiger partial charge on any atom is 0.308 e. The van der Waals surface area contributed by atoms with Crippen LogP contribution >= 0.6 is 0 Å². The molecule has 0 saturated carbocycles. The van der Waals surface area contributed by atoms with Gasteiger partial charge in [-0.2, -0.15) is 0 Å². The monoisotopic (exact) mass is 234 g/mol. The van der Waals surface area contributed by atoms with Crippen molar-refractivity contribution in [3.8, 4) is 5.75 Å². The highest BCUT2D eigenvalue weighted by Gasteiger charge is 2.14. The van der Waals surface area contributed by atoms with Gasteiger partial charge in [-0.1, -0.05) is 39.3 Å². The largest absolute Gasteiger partial charge is 0.427 e. The van der Waals surface area contributed by atoms with Gasteiger partial charge in [0.05, 0.1) is 0 Å². The van der Waals surface area contributed by atoms with Gasteiger partial charge in [0.15, 0.2) is 0 Å². The van der Waals surface area contributed by atoms with Crippen LogP contribution in [0, 0.1) is 5.92 Å². The Kier molecular flexibility index (Phi) is 5.20. The normalized spacial score (nSPS) is 12.5. The number of hydrogen-bond acceptors (Lipinski definition) is 2. The van der Waals surface area contributed by atoms with Crippen LogP contribution in [0.5, 0.6) is 5.75 Å². The summed E-state index contributed by atoms with van der Waals surface area (Å²) in [6.07, 6.45) is 2.39. The van der Waals surface area contributed by atoms with Gasteiger partial charge in [-0.15, -0.1) is 0 Å². The highest BCUT2D eigenvalue weighted by atomic mass is 16.5. The predicted molar refractivity (Wildman–Crippen MR) is 70.2 cm³/mol. The van der Waals surface area contributed by atoms with Crippen LogP contribution < -0.4 is 4.74 Å². The average Bonchev–Trinajstić information content (AvgIpc) is 2.26. The number of benzene rings is 1. The fraction of sp³-hybridized carbons (Fsp3) is 0.533. The molecule has 0 aliphatic heterocycles. The van der Waals surface area contributed by atoms with E-state index in [1.807, 2.05) is 12.1 Å². The highest BCUT2D eigenvalue weighted by Crippen LogP contribution is 2.30. The first kappa shape index (κ1) is 13.8. The molecule has 0 bridgehead atoms. The summed E-state index contributed by atoms with van der Waals surface area (Å²) in [5.41, 5.74) is 1.33. The Morgan fingerprint density at radius 3 is 2.24 bits per heavy atom. The number of carbonyl (C=O) groups is 1. The van der Waals surface area contributed by atoms with E-state index in [0.29, 0.717) is 17.6 Å². The Morgan fingerprint density at radius 1 is 1.24 bits per heavy atom. The molecule has 0 spiro atoms. The van der Waals surface area contributed by atoms with Crippen molar-refractivity contribution in [1.29, 1.82) is 0 Å². The van der Waals surface area contributed by atoms with E-state index >= 15 is 0 Å². The summed E-state index contributed by atoms with van der Waals surface area (Å²) >= 11 is 0. The van der Waals surface area contributed by atoms with Crippen LogP contribution in [-0.4, -0.2) is 5.97 Å². The van der Waals surface area contributed by atoms with Gasteiger partial charge >= 0.3 is 5.97 Å². The van der Waals surface area contributed by atoms with Crippen molar-refractivity contribution in [2.75, 3.05) is 0 Å². The Bertz CT molecular complexity index is 352. The van der Waals surface area contributed by atoms with E-state index in [9.17, 15) is 4.79 Å². The lowest BCUT2D eigenvalue weighted by atomic mass is 9.85. The summed E-state index contributed by atoms with van der Waals surface area (Å²) in [6, 6.07) is 7.89. The first-order valence-electron chi connectivity index (χ1n) is 6.33. The van der Waals surface area contributed by atoms with Crippen molar-refractivity contribution in [2.24, 2.45) is 5.92 Å². The van der Waals surface area contributed by atoms with Crippen LogP contribution in [0.2, 0.25) is 0 Å².